The maximum atomic E-state index is 3.55. The van der Waals surface area contributed by atoms with Crippen molar-refractivity contribution in [3.8, 4) is 0 Å². The Balaban J connectivity index is 2.33. The van der Waals surface area contributed by atoms with E-state index < -0.39 is 0 Å². The lowest BCUT2D eigenvalue weighted by Gasteiger charge is -2.22. The minimum absolute atomic E-state index is 0.694. The van der Waals surface area contributed by atoms with Crippen molar-refractivity contribution in [2.24, 2.45) is 11.8 Å². The Bertz CT molecular complexity index is 354. The van der Waals surface area contributed by atoms with E-state index >= 15 is 0 Å². The third kappa shape index (κ3) is 1.75. The number of benzene rings is 1. The molecule has 1 aliphatic heterocycles. The van der Waals surface area contributed by atoms with Crippen molar-refractivity contribution < 1.29 is 0 Å². The average Bonchev–Trinajstić information content (AvgIpc) is 2.61. The van der Waals surface area contributed by atoms with E-state index in [2.05, 4.69) is 51.2 Å². The highest BCUT2D eigenvalue weighted by molar-refractivity contribution is 5.62. The van der Waals surface area contributed by atoms with Gasteiger partial charge in [-0.2, -0.15) is 0 Å². The summed E-state index contributed by atoms with van der Waals surface area (Å²) in [5.74, 6) is 2.20. The zero-order valence-electron chi connectivity index (χ0n) is 10.2. The second kappa shape index (κ2) is 3.88. The van der Waals surface area contributed by atoms with Gasteiger partial charge in [0.05, 0.1) is 0 Å². The Hall–Kier alpha value is -0.980. The number of nitrogens with one attached hydrogen (secondary N) is 1. The van der Waals surface area contributed by atoms with Gasteiger partial charge in [-0.15, -0.1) is 0 Å². The predicted octanol–water partition coefficient (Wildman–Crippen LogP) is 3.80. The van der Waals surface area contributed by atoms with Gasteiger partial charge in [-0.25, -0.2) is 0 Å². The van der Waals surface area contributed by atoms with E-state index in [9.17, 15) is 0 Å². The molecule has 0 saturated heterocycles. The van der Waals surface area contributed by atoms with Gasteiger partial charge in [0.15, 0.2) is 0 Å². The van der Waals surface area contributed by atoms with Gasteiger partial charge in [0.25, 0.3) is 0 Å². The Labute approximate surface area is 92.9 Å². The highest BCUT2D eigenvalue weighted by atomic mass is 14.9. The van der Waals surface area contributed by atoms with Crippen LogP contribution in [0.5, 0.6) is 0 Å². The van der Waals surface area contributed by atoms with E-state index in [-0.39, 0.29) is 0 Å². The topological polar surface area (TPSA) is 12.0 Å². The average molecular weight is 203 g/mol. The first-order chi connectivity index (χ1) is 7.11. The van der Waals surface area contributed by atoms with Crippen LogP contribution in [0.3, 0.4) is 0 Å². The zero-order chi connectivity index (χ0) is 11.0. The molecule has 0 amide bonds. The maximum Gasteiger partial charge on any atom is 0.0406 e. The maximum absolute atomic E-state index is 3.55. The summed E-state index contributed by atoms with van der Waals surface area (Å²) in [4.78, 5) is 0. The molecule has 0 fully saturated rings. The van der Waals surface area contributed by atoms with Gasteiger partial charge in [0.2, 0.25) is 0 Å². The largest absolute Gasteiger partial charge is 0.384 e. The molecule has 2 rings (SSSR count). The molecule has 0 aliphatic carbocycles. The number of rotatable bonds is 2. The summed E-state index contributed by atoms with van der Waals surface area (Å²) in [5, 5.41) is 3.55. The predicted molar refractivity (Wildman–Crippen MR) is 66.4 cm³/mol. The molecule has 1 aliphatic rings. The molecule has 1 nitrogen and oxygen atoms in total. The van der Waals surface area contributed by atoms with Crippen LogP contribution >= 0.6 is 0 Å². The van der Waals surface area contributed by atoms with Gasteiger partial charge in [-0.1, -0.05) is 39.0 Å². The van der Waals surface area contributed by atoms with E-state index in [1.54, 1.807) is 0 Å². The van der Waals surface area contributed by atoms with Crippen LogP contribution in [0.4, 0.5) is 5.69 Å². The molecule has 1 N–H and O–H groups in total. The van der Waals surface area contributed by atoms with Crippen LogP contribution in [0.2, 0.25) is 0 Å². The molecule has 0 bridgehead atoms. The number of hydrogen-bond donors (Lipinski definition) is 1. The monoisotopic (exact) mass is 203 g/mol. The van der Waals surface area contributed by atoms with Crippen LogP contribution in [0.15, 0.2) is 18.2 Å². The van der Waals surface area contributed by atoms with Crippen molar-refractivity contribution in [3.05, 3.63) is 29.3 Å². The minimum atomic E-state index is 0.694. The molecule has 1 aromatic rings. The highest BCUT2D eigenvalue weighted by Gasteiger charge is 2.29. The highest BCUT2D eigenvalue weighted by Crippen LogP contribution is 2.40. The summed E-state index contributed by atoms with van der Waals surface area (Å²) >= 11 is 0. The summed E-state index contributed by atoms with van der Waals surface area (Å²) in [6.07, 6.45) is 0. The number of fused-ring (bicyclic) bond motifs is 1. The fraction of sp³-hybridized carbons (Fsp3) is 0.571. The lowest BCUT2D eigenvalue weighted by Crippen LogP contribution is -2.16. The first-order valence-electron chi connectivity index (χ1n) is 5.94. The lowest BCUT2D eigenvalue weighted by atomic mass is 9.81. The smallest absolute Gasteiger partial charge is 0.0406 e. The molecule has 82 valence electrons. The molecule has 0 spiro atoms. The van der Waals surface area contributed by atoms with Crippen molar-refractivity contribution in [3.63, 3.8) is 0 Å². The number of para-hydroxylation sites is 1. The molecule has 2 unspecified atom stereocenters. The summed E-state index contributed by atoms with van der Waals surface area (Å²) in [6, 6.07) is 6.65. The molecule has 0 saturated carbocycles. The van der Waals surface area contributed by atoms with E-state index in [0.717, 1.165) is 18.4 Å². The van der Waals surface area contributed by atoms with Crippen molar-refractivity contribution in [1.29, 1.82) is 0 Å². The van der Waals surface area contributed by atoms with Crippen molar-refractivity contribution in [1.82, 2.24) is 0 Å². The summed E-state index contributed by atoms with van der Waals surface area (Å²) in [6.45, 7) is 10.3. The SMILES string of the molecule is Cc1cccc2c1NCC2C(C)C(C)C. The first-order valence-corrected chi connectivity index (χ1v) is 5.94. The minimum Gasteiger partial charge on any atom is -0.384 e. The standard InChI is InChI=1S/C14H21N/c1-9(2)11(4)13-8-15-14-10(3)6-5-7-12(13)14/h5-7,9,11,13,15H,8H2,1-4H3. The molecular weight excluding hydrogens is 182 g/mol. The van der Waals surface area contributed by atoms with Crippen molar-refractivity contribution >= 4 is 5.69 Å². The van der Waals surface area contributed by atoms with Crippen molar-refractivity contribution in [2.75, 3.05) is 11.9 Å². The molecule has 2 atom stereocenters. The number of hydrogen-bond acceptors (Lipinski definition) is 1. The van der Waals surface area contributed by atoms with Gasteiger partial charge in [-0.05, 0) is 29.9 Å². The van der Waals surface area contributed by atoms with E-state index in [1.165, 1.54) is 16.8 Å². The van der Waals surface area contributed by atoms with Crippen LogP contribution < -0.4 is 5.32 Å². The molecule has 0 radical (unpaired) electrons. The third-order valence-electron chi connectivity index (χ3n) is 3.89. The second-order valence-corrected chi connectivity index (χ2v) is 5.13. The summed E-state index contributed by atoms with van der Waals surface area (Å²) < 4.78 is 0. The zero-order valence-corrected chi connectivity index (χ0v) is 10.2. The van der Waals surface area contributed by atoms with Gasteiger partial charge in [0.1, 0.15) is 0 Å². The second-order valence-electron chi connectivity index (χ2n) is 5.13. The molecule has 0 aromatic heterocycles. The van der Waals surface area contributed by atoms with Gasteiger partial charge >= 0.3 is 0 Å². The Morgan fingerprint density at radius 3 is 2.67 bits per heavy atom. The first kappa shape index (κ1) is 10.5. The van der Waals surface area contributed by atoms with Gasteiger partial charge < -0.3 is 5.32 Å². The van der Waals surface area contributed by atoms with Crippen LogP contribution in [0.25, 0.3) is 0 Å². The van der Waals surface area contributed by atoms with Gasteiger partial charge in [0, 0.05) is 18.2 Å². The lowest BCUT2D eigenvalue weighted by molar-refractivity contribution is 0.362. The fourth-order valence-electron chi connectivity index (χ4n) is 2.50. The van der Waals surface area contributed by atoms with Crippen molar-refractivity contribution in [2.45, 2.75) is 33.6 Å². The molecular formula is C14H21N. The summed E-state index contributed by atoms with van der Waals surface area (Å²) in [5.41, 5.74) is 4.29. The Morgan fingerprint density at radius 2 is 2.00 bits per heavy atom. The normalized spacial score (nSPS) is 21.3. The Kier molecular flexibility index (Phi) is 2.72. The Morgan fingerprint density at radius 1 is 1.27 bits per heavy atom. The van der Waals surface area contributed by atoms with E-state index in [0.29, 0.717) is 5.92 Å². The summed E-state index contributed by atoms with van der Waals surface area (Å²) in [7, 11) is 0. The van der Waals surface area contributed by atoms with E-state index in [1.807, 2.05) is 0 Å². The van der Waals surface area contributed by atoms with Crippen LogP contribution in [0, 0.1) is 18.8 Å². The molecule has 15 heavy (non-hydrogen) atoms. The quantitative estimate of drug-likeness (QED) is 0.771. The molecule has 1 heteroatoms. The van der Waals surface area contributed by atoms with E-state index in [4.69, 9.17) is 0 Å². The molecule has 1 aromatic carbocycles. The van der Waals surface area contributed by atoms with Gasteiger partial charge in [-0.3, -0.25) is 0 Å². The third-order valence-corrected chi connectivity index (χ3v) is 3.89. The number of anilines is 1. The van der Waals surface area contributed by atoms with Crippen LogP contribution in [0.1, 0.15) is 37.8 Å². The number of aryl methyl sites for hydroxylation is 1. The van der Waals surface area contributed by atoms with Crippen LogP contribution in [-0.2, 0) is 0 Å². The van der Waals surface area contributed by atoms with Crippen LogP contribution in [-0.4, -0.2) is 6.54 Å². The molecule has 1 heterocycles. The fourth-order valence-corrected chi connectivity index (χ4v) is 2.50.